The van der Waals surface area contributed by atoms with Gasteiger partial charge in [0, 0.05) is 0 Å². The van der Waals surface area contributed by atoms with E-state index in [1.54, 1.807) is 12.1 Å². The van der Waals surface area contributed by atoms with Crippen molar-refractivity contribution >= 4 is 13.1 Å². The summed E-state index contributed by atoms with van der Waals surface area (Å²) in [5, 5.41) is 0. The molecule has 1 aromatic carbocycles. The zero-order valence-corrected chi connectivity index (χ0v) is 13.2. The molecule has 0 atom stereocenters. The van der Waals surface area contributed by atoms with Gasteiger partial charge in [0.05, 0.1) is 23.4 Å². The van der Waals surface area contributed by atoms with Gasteiger partial charge in [-0.2, -0.15) is 0 Å². The Kier molecular flexibility index (Phi) is 4.74. The summed E-state index contributed by atoms with van der Waals surface area (Å²) in [7, 11) is -0.231. The molecule has 0 unspecified atom stereocenters. The molecule has 0 aliphatic carbocycles. The van der Waals surface area contributed by atoms with Crippen LogP contribution in [0.4, 0.5) is 0 Å². The van der Waals surface area contributed by atoms with Crippen LogP contribution in [-0.4, -0.2) is 30.9 Å². The number of esters is 1. The fraction of sp³-hybridized carbons (Fsp3) is 0.562. The molecule has 0 aromatic heterocycles. The SMILES string of the molecule is CC1(C)OB(CCCOC(=O)c2ccccc2)OC1(C)C. The lowest BCUT2D eigenvalue weighted by atomic mass is 9.83. The monoisotopic (exact) mass is 290 g/mol. The highest BCUT2D eigenvalue weighted by molar-refractivity contribution is 6.45. The molecule has 1 fully saturated rings. The molecule has 21 heavy (non-hydrogen) atoms. The van der Waals surface area contributed by atoms with Gasteiger partial charge >= 0.3 is 13.1 Å². The maximum Gasteiger partial charge on any atom is 0.457 e. The molecule has 1 heterocycles. The van der Waals surface area contributed by atoms with Crippen molar-refractivity contribution in [2.24, 2.45) is 0 Å². The number of carbonyl (C=O) groups is 1. The summed E-state index contributed by atoms with van der Waals surface area (Å²) in [4.78, 5) is 11.8. The predicted molar refractivity (Wildman–Crippen MR) is 82.2 cm³/mol. The number of benzene rings is 1. The minimum absolute atomic E-state index is 0.231. The molecule has 0 radical (unpaired) electrons. The molecule has 0 saturated carbocycles. The van der Waals surface area contributed by atoms with Gasteiger partial charge in [-0.1, -0.05) is 18.2 Å². The molecule has 1 aliphatic heterocycles. The van der Waals surface area contributed by atoms with Gasteiger partial charge in [-0.15, -0.1) is 0 Å². The Hall–Kier alpha value is -1.33. The molecular weight excluding hydrogens is 267 g/mol. The number of carbonyl (C=O) groups excluding carboxylic acids is 1. The van der Waals surface area contributed by atoms with Gasteiger partial charge in [-0.3, -0.25) is 0 Å². The fourth-order valence-corrected chi connectivity index (χ4v) is 2.16. The van der Waals surface area contributed by atoms with Crippen molar-refractivity contribution < 1.29 is 18.8 Å². The number of rotatable bonds is 5. The second-order valence-corrected chi connectivity index (χ2v) is 6.33. The molecule has 4 nitrogen and oxygen atoms in total. The Morgan fingerprint density at radius 2 is 1.67 bits per heavy atom. The summed E-state index contributed by atoms with van der Waals surface area (Å²) >= 11 is 0. The molecular formula is C16H23BO4. The van der Waals surface area contributed by atoms with Crippen LogP contribution in [0.3, 0.4) is 0 Å². The third kappa shape index (κ3) is 3.86. The minimum Gasteiger partial charge on any atom is -0.462 e. The second-order valence-electron chi connectivity index (χ2n) is 6.33. The van der Waals surface area contributed by atoms with E-state index < -0.39 is 0 Å². The molecule has 1 aromatic rings. The molecule has 0 amide bonds. The first-order chi connectivity index (χ1) is 9.82. The van der Waals surface area contributed by atoms with Crippen LogP contribution in [0.25, 0.3) is 0 Å². The summed E-state index contributed by atoms with van der Waals surface area (Å²) in [5.41, 5.74) is -0.0373. The van der Waals surface area contributed by atoms with Crippen molar-refractivity contribution in [3.05, 3.63) is 35.9 Å². The molecule has 0 bridgehead atoms. The van der Waals surface area contributed by atoms with Crippen LogP contribution >= 0.6 is 0 Å². The van der Waals surface area contributed by atoms with Gasteiger partial charge in [0.1, 0.15) is 0 Å². The molecule has 5 heteroatoms. The summed E-state index contributed by atoms with van der Waals surface area (Å²) in [6.07, 6.45) is 1.43. The second kappa shape index (κ2) is 6.20. The third-order valence-electron chi connectivity index (χ3n) is 4.13. The van der Waals surface area contributed by atoms with Crippen molar-refractivity contribution in [1.82, 2.24) is 0 Å². The molecule has 0 spiro atoms. The zero-order valence-electron chi connectivity index (χ0n) is 13.2. The molecule has 1 saturated heterocycles. The Balaban J connectivity index is 1.71. The van der Waals surface area contributed by atoms with Crippen molar-refractivity contribution in [2.75, 3.05) is 6.61 Å². The van der Waals surface area contributed by atoms with E-state index in [9.17, 15) is 4.79 Å². The van der Waals surface area contributed by atoms with Gasteiger partial charge < -0.3 is 14.0 Å². The van der Waals surface area contributed by atoms with E-state index in [-0.39, 0.29) is 24.3 Å². The van der Waals surface area contributed by atoms with E-state index in [2.05, 4.69) is 0 Å². The zero-order chi connectivity index (χ0) is 15.5. The van der Waals surface area contributed by atoms with Gasteiger partial charge in [-0.05, 0) is 52.6 Å². The number of ether oxygens (including phenoxy) is 1. The number of hydrogen-bond donors (Lipinski definition) is 0. The first kappa shape index (κ1) is 16.1. The Morgan fingerprint density at radius 3 is 2.24 bits per heavy atom. The largest absolute Gasteiger partial charge is 0.462 e. The van der Waals surface area contributed by atoms with E-state index in [0.29, 0.717) is 12.2 Å². The van der Waals surface area contributed by atoms with Crippen LogP contribution in [0.2, 0.25) is 6.32 Å². The van der Waals surface area contributed by atoms with Gasteiger partial charge in [0.2, 0.25) is 0 Å². The van der Waals surface area contributed by atoms with E-state index in [1.807, 2.05) is 45.9 Å². The van der Waals surface area contributed by atoms with Crippen LogP contribution in [-0.2, 0) is 14.0 Å². The Labute approximate surface area is 126 Å². The number of hydrogen-bond acceptors (Lipinski definition) is 4. The summed E-state index contributed by atoms with van der Waals surface area (Å²) < 4.78 is 17.0. The van der Waals surface area contributed by atoms with Crippen LogP contribution in [0.15, 0.2) is 30.3 Å². The maximum atomic E-state index is 11.8. The van der Waals surface area contributed by atoms with Gasteiger partial charge in [0.15, 0.2) is 0 Å². The van der Waals surface area contributed by atoms with Crippen LogP contribution < -0.4 is 0 Å². The van der Waals surface area contributed by atoms with Crippen LogP contribution in [0.5, 0.6) is 0 Å². The van der Waals surface area contributed by atoms with Crippen LogP contribution in [0, 0.1) is 0 Å². The average molecular weight is 290 g/mol. The van der Waals surface area contributed by atoms with Crippen molar-refractivity contribution in [3.8, 4) is 0 Å². The lowest BCUT2D eigenvalue weighted by Gasteiger charge is -2.32. The topological polar surface area (TPSA) is 44.8 Å². The third-order valence-corrected chi connectivity index (χ3v) is 4.13. The molecule has 114 valence electrons. The van der Waals surface area contributed by atoms with E-state index in [1.165, 1.54) is 0 Å². The fourth-order valence-electron chi connectivity index (χ4n) is 2.16. The van der Waals surface area contributed by atoms with Crippen LogP contribution in [0.1, 0.15) is 44.5 Å². The van der Waals surface area contributed by atoms with Gasteiger partial charge in [-0.25, -0.2) is 4.79 Å². The highest BCUT2D eigenvalue weighted by atomic mass is 16.7. The highest BCUT2D eigenvalue weighted by Gasteiger charge is 2.50. The van der Waals surface area contributed by atoms with E-state index in [0.717, 1.165) is 12.7 Å². The quantitative estimate of drug-likeness (QED) is 0.474. The summed E-state index contributed by atoms with van der Waals surface area (Å²) in [6, 6.07) is 9.00. The average Bonchev–Trinajstić information content (AvgIpc) is 2.63. The summed E-state index contributed by atoms with van der Waals surface area (Å²) in [6.45, 7) is 8.49. The standard InChI is InChI=1S/C16H23BO4/c1-15(2)16(3,4)21-17(20-15)11-8-12-19-14(18)13-9-6-5-7-10-13/h5-7,9-10H,8,11-12H2,1-4H3. The Morgan fingerprint density at radius 1 is 1.10 bits per heavy atom. The smallest absolute Gasteiger partial charge is 0.457 e. The molecule has 2 rings (SSSR count). The first-order valence-electron chi connectivity index (χ1n) is 7.40. The van der Waals surface area contributed by atoms with Crippen molar-refractivity contribution in [1.29, 1.82) is 0 Å². The maximum absolute atomic E-state index is 11.8. The van der Waals surface area contributed by atoms with E-state index >= 15 is 0 Å². The van der Waals surface area contributed by atoms with Crippen molar-refractivity contribution in [3.63, 3.8) is 0 Å². The molecule has 1 aliphatic rings. The Bertz CT molecular complexity index is 468. The summed E-state index contributed by atoms with van der Waals surface area (Å²) in [5.74, 6) is -0.287. The van der Waals surface area contributed by atoms with Gasteiger partial charge in [0.25, 0.3) is 0 Å². The van der Waals surface area contributed by atoms with Crippen molar-refractivity contribution in [2.45, 2.75) is 51.6 Å². The minimum atomic E-state index is -0.307. The normalized spacial score (nSPS) is 19.5. The van der Waals surface area contributed by atoms with E-state index in [4.69, 9.17) is 14.0 Å². The predicted octanol–water partition coefficient (Wildman–Crippen LogP) is 3.33. The lowest BCUT2D eigenvalue weighted by molar-refractivity contribution is 0.00578. The highest BCUT2D eigenvalue weighted by Crippen LogP contribution is 2.37. The lowest BCUT2D eigenvalue weighted by Crippen LogP contribution is -2.41. The molecule has 0 N–H and O–H groups in total. The first-order valence-corrected chi connectivity index (χ1v) is 7.40.